The molecular formula is C42H67NO4. The lowest BCUT2D eigenvalue weighted by molar-refractivity contribution is 0.0360. The molecule has 0 saturated carbocycles. The molecule has 1 aromatic carbocycles. The summed E-state index contributed by atoms with van der Waals surface area (Å²) in [6, 6.07) is 10.3. The molecule has 0 aliphatic rings. The maximum Gasteiger partial charge on any atom is 0.345 e. The molecule has 0 aliphatic carbocycles. The molecule has 264 valence electrons. The Balaban J connectivity index is 0.00000376. The van der Waals surface area contributed by atoms with Crippen LogP contribution in [0.4, 0.5) is 0 Å². The molecule has 3 rings (SSSR count). The highest BCUT2D eigenvalue weighted by atomic mass is 16.5. The van der Waals surface area contributed by atoms with E-state index < -0.39 is 0 Å². The molecule has 0 fully saturated rings. The van der Waals surface area contributed by atoms with E-state index >= 15 is 0 Å². The second-order valence-corrected chi connectivity index (χ2v) is 14.1. The zero-order valence-corrected chi connectivity index (χ0v) is 31.3. The van der Waals surface area contributed by atoms with Gasteiger partial charge >= 0.3 is 5.63 Å². The van der Waals surface area contributed by atoms with Gasteiger partial charge in [-0.3, -0.25) is 0 Å². The average Bonchev–Trinajstić information content (AvgIpc) is 3.05. The fraction of sp³-hybridized carbons (Fsp3) is 0.667. The summed E-state index contributed by atoms with van der Waals surface area (Å²) in [5.74, 6) is 0.721. The van der Waals surface area contributed by atoms with Crippen LogP contribution < -0.4 is 10.4 Å². The fourth-order valence-corrected chi connectivity index (χ4v) is 6.21. The van der Waals surface area contributed by atoms with Crippen molar-refractivity contribution in [1.29, 1.82) is 0 Å². The number of hydrogen-bond donors (Lipinski definition) is 0. The van der Waals surface area contributed by atoms with Crippen LogP contribution in [0.3, 0.4) is 0 Å². The van der Waals surface area contributed by atoms with Crippen LogP contribution >= 0.6 is 0 Å². The van der Waals surface area contributed by atoms with E-state index in [9.17, 15) is 4.79 Å². The van der Waals surface area contributed by atoms with Gasteiger partial charge in [0.05, 0.1) is 24.5 Å². The molecule has 47 heavy (non-hydrogen) atoms. The van der Waals surface area contributed by atoms with Gasteiger partial charge < -0.3 is 13.9 Å². The van der Waals surface area contributed by atoms with Gasteiger partial charge in [0.25, 0.3) is 0 Å². The van der Waals surface area contributed by atoms with Crippen molar-refractivity contribution in [3.05, 3.63) is 58.1 Å². The Hall–Kier alpha value is -2.66. The Bertz CT molecular complexity index is 1320. The third kappa shape index (κ3) is 15.9. The Morgan fingerprint density at radius 1 is 0.787 bits per heavy atom. The highest BCUT2D eigenvalue weighted by molar-refractivity contribution is 5.81. The smallest absolute Gasteiger partial charge is 0.345 e. The van der Waals surface area contributed by atoms with E-state index in [4.69, 9.17) is 13.9 Å². The largest absolute Gasteiger partial charge is 0.492 e. The second kappa shape index (κ2) is 22.8. The number of aromatic nitrogens is 1. The molecule has 5 nitrogen and oxygen atoms in total. The van der Waals surface area contributed by atoms with Crippen LogP contribution in [0.5, 0.6) is 5.75 Å². The Labute approximate surface area is 287 Å². The molecule has 0 radical (unpaired) electrons. The van der Waals surface area contributed by atoms with Gasteiger partial charge in [-0.05, 0) is 79.7 Å². The van der Waals surface area contributed by atoms with E-state index in [-0.39, 0.29) is 5.63 Å². The third-order valence-corrected chi connectivity index (χ3v) is 8.58. The molecule has 0 N–H and O–H groups in total. The number of pyridine rings is 1. The van der Waals surface area contributed by atoms with Crippen LogP contribution in [0.15, 0.2) is 45.7 Å². The monoisotopic (exact) mass is 650 g/mol. The summed E-state index contributed by atoms with van der Waals surface area (Å²) < 4.78 is 17.6. The topological polar surface area (TPSA) is 61.6 Å². The van der Waals surface area contributed by atoms with Crippen LogP contribution in [-0.2, 0) is 17.6 Å². The van der Waals surface area contributed by atoms with E-state index in [0.29, 0.717) is 29.4 Å². The first-order valence-electron chi connectivity index (χ1n) is 19.0. The van der Waals surface area contributed by atoms with Crippen molar-refractivity contribution in [3.63, 3.8) is 0 Å². The van der Waals surface area contributed by atoms with E-state index in [2.05, 4.69) is 64.7 Å². The van der Waals surface area contributed by atoms with Crippen LogP contribution in [0.25, 0.3) is 22.2 Å². The number of ether oxygens (including phenoxy) is 2. The molecular weight excluding hydrogens is 582 g/mol. The predicted octanol–water partition coefficient (Wildman–Crippen LogP) is 12.3. The predicted molar refractivity (Wildman–Crippen MR) is 201 cm³/mol. The second-order valence-electron chi connectivity index (χ2n) is 14.1. The van der Waals surface area contributed by atoms with Gasteiger partial charge in [-0.2, -0.15) is 0 Å². The molecule has 0 amide bonds. The van der Waals surface area contributed by atoms with Gasteiger partial charge in [0.1, 0.15) is 5.75 Å². The first-order valence-corrected chi connectivity index (χ1v) is 19.0. The first kappa shape index (κ1) is 40.5. The van der Waals surface area contributed by atoms with Crippen molar-refractivity contribution in [2.75, 3.05) is 13.2 Å². The van der Waals surface area contributed by atoms with Gasteiger partial charge in [-0.15, -0.1) is 0 Å². The summed E-state index contributed by atoms with van der Waals surface area (Å²) in [5.41, 5.74) is 4.40. The quantitative estimate of drug-likeness (QED) is 0.101. The van der Waals surface area contributed by atoms with Gasteiger partial charge in [0.2, 0.25) is 5.71 Å². The summed E-state index contributed by atoms with van der Waals surface area (Å²) in [6.45, 7) is 19.0. The van der Waals surface area contributed by atoms with Crippen LogP contribution in [-0.4, -0.2) is 24.3 Å². The Morgan fingerprint density at radius 2 is 1.43 bits per heavy atom. The van der Waals surface area contributed by atoms with Crippen LogP contribution in [0.1, 0.15) is 156 Å². The first-order chi connectivity index (χ1) is 22.7. The summed E-state index contributed by atoms with van der Waals surface area (Å²) in [5, 5.41) is 0.791. The lowest BCUT2D eigenvalue weighted by atomic mass is 9.90. The molecule has 1 unspecified atom stereocenters. The number of benzene rings is 1. The van der Waals surface area contributed by atoms with Crippen molar-refractivity contribution >= 4 is 11.1 Å². The lowest BCUT2D eigenvalue weighted by Gasteiger charge is -2.23. The molecule has 2 heterocycles. The van der Waals surface area contributed by atoms with E-state index in [0.717, 1.165) is 49.0 Å². The molecule has 3 aromatic rings. The molecule has 0 saturated heterocycles. The molecule has 5 heteroatoms. The van der Waals surface area contributed by atoms with Gasteiger partial charge in [0, 0.05) is 12.0 Å². The minimum atomic E-state index is -0.344. The minimum Gasteiger partial charge on any atom is -0.492 e. The highest BCUT2D eigenvalue weighted by Gasteiger charge is 2.15. The number of unbranched alkanes of at least 4 members (excludes halogenated alkanes) is 11. The highest BCUT2D eigenvalue weighted by Crippen LogP contribution is 2.28. The van der Waals surface area contributed by atoms with Gasteiger partial charge in [0.15, 0.2) is 0 Å². The van der Waals surface area contributed by atoms with Crippen molar-refractivity contribution in [1.82, 2.24) is 4.98 Å². The maximum absolute atomic E-state index is 12.9. The zero-order valence-electron chi connectivity index (χ0n) is 31.3. The van der Waals surface area contributed by atoms with Gasteiger partial charge in [-0.25, -0.2) is 9.78 Å². The number of nitrogens with zero attached hydrogens (tertiary/aromatic N) is 1. The standard InChI is InChI=1S/C40H61NO4.C2H6/c1-7-9-18-21-32-22-23-36(33(8-2)26-32)37-28-34-27-35(30-41-38(34)45-39(37)42)44-25-20-17-15-13-11-10-12-14-16-19-24-43-31(3)29-40(4,5)6;1-2/h22-23,26-28,30-31H,7-21,24-25,29H2,1-6H3;1-2H3. The Kier molecular flexibility index (Phi) is 19.7. The third-order valence-electron chi connectivity index (χ3n) is 8.58. The molecule has 0 spiro atoms. The summed E-state index contributed by atoms with van der Waals surface area (Å²) in [4.78, 5) is 17.3. The molecule has 0 aliphatic heterocycles. The fourth-order valence-electron chi connectivity index (χ4n) is 6.21. The van der Waals surface area contributed by atoms with Crippen molar-refractivity contribution in [2.24, 2.45) is 5.41 Å². The van der Waals surface area contributed by atoms with Crippen molar-refractivity contribution < 1.29 is 13.9 Å². The van der Waals surface area contributed by atoms with E-state index in [1.54, 1.807) is 6.20 Å². The SMILES string of the molecule is CC.CCCCCc1ccc(-c2cc3cc(OCCCCCCCCCCCCOC(C)CC(C)(C)C)cnc3oc2=O)c(CC)c1. The maximum atomic E-state index is 12.9. The van der Waals surface area contributed by atoms with Crippen molar-refractivity contribution in [3.8, 4) is 16.9 Å². The lowest BCUT2D eigenvalue weighted by Crippen LogP contribution is -2.18. The molecule has 2 aromatic heterocycles. The number of fused-ring (bicyclic) bond motifs is 1. The van der Waals surface area contributed by atoms with Gasteiger partial charge in [-0.1, -0.05) is 131 Å². The summed E-state index contributed by atoms with van der Waals surface area (Å²) in [6.07, 6.45) is 21.3. The Morgan fingerprint density at radius 3 is 2.04 bits per heavy atom. The van der Waals surface area contributed by atoms with Crippen molar-refractivity contribution in [2.45, 2.75) is 164 Å². The number of hydrogen-bond acceptors (Lipinski definition) is 5. The zero-order chi connectivity index (χ0) is 34.5. The number of aryl methyl sites for hydroxylation is 2. The molecule has 1 atom stereocenters. The summed E-state index contributed by atoms with van der Waals surface area (Å²) in [7, 11) is 0. The van der Waals surface area contributed by atoms with Crippen LogP contribution in [0.2, 0.25) is 0 Å². The van der Waals surface area contributed by atoms with E-state index in [1.165, 1.54) is 88.2 Å². The average molecular weight is 650 g/mol. The van der Waals surface area contributed by atoms with E-state index in [1.807, 2.05) is 26.0 Å². The van der Waals surface area contributed by atoms with Crippen LogP contribution in [0, 0.1) is 5.41 Å². The molecule has 0 bridgehead atoms. The number of rotatable bonds is 22. The minimum absolute atomic E-state index is 0.341. The normalized spacial score (nSPS) is 12.2. The summed E-state index contributed by atoms with van der Waals surface area (Å²) >= 11 is 0.